The molecule has 1 aliphatic heterocycles. The van der Waals surface area contributed by atoms with Crippen LogP contribution in [0.3, 0.4) is 0 Å². The van der Waals surface area contributed by atoms with Crippen molar-refractivity contribution in [2.45, 2.75) is 32.4 Å². The van der Waals surface area contributed by atoms with Gasteiger partial charge in [0.25, 0.3) is 0 Å². The van der Waals surface area contributed by atoms with Crippen molar-refractivity contribution in [3.8, 4) is 0 Å². The molecule has 1 heterocycles. The predicted octanol–water partition coefficient (Wildman–Crippen LogP) is 1.54. The van der Waals surface area contributed by atoms with Crippen LogP contribution >= 0.6 is 11.6 Å². The molecule has 6 heteroatoms. The molecule has 1 aliphatic rings. The van der Waals surface area contributed by atoms with Crippen LogP contribution in [-0.4, -0.2) is 30.4 Å². The first-order valence-electron chi connectivity index (χ1n) is 7.03. The molecule has 21 heavy (non-hydrogen) atoms. The summed E-state index contributed by atoms with van der Waals surface area (Å²) in [5.41, 5.74) is 6.50. The smallest absolute Gasteiger partial charge is 0.249 e. The molecule has 0 spiro atoms. The van der Waals surface area contributed by atoms with Crippen molar-refractivity contribution in [2.24, 2.45) is 11.7 Å². The van der Waals surface area contributed by atoms with E-state index in [2.05, 4.69) is 5.32 Å². The summed E-state index contributed by atoms with van der Waals surface area (Å²) in [7, 11) is 0. The van der Waals surface area contributed by atoms with E-state index in [0.717, 1.165) is 5.69 Å². The zero-order chi connectivity index (χ0) is 15.6. The van der Waals surface area contributed by atoms with Crippen LogP contribution in [0.5, 0.6) is 0 Å². The average Bonchev–Trinajstić information content (AvgIpc) is 2.80. The Hall–Kier alpha value is -1.59. The first-order chi connectivity index (χ1) is 9.90. The summed E-state index contributed by atoms with van der Waals surface area (Å²) in [5, 5.41) is 3.41. The third-order valence-corrected chi connectivity index (χ3v) is 4.11. The van der Waals surface area contributed by atoms with Gasteiger partial charge < -0.3 is 16.0 Å². The number of hydrogen-bond donors (Lipinski definition) is 2. The van der Waals surface area contributed by atoms with Crippen LogP contribution < -0.4 is 16.0 Å². The Balaban J connectivity index is 2.01. The van der Waals surface area contributed by atoms with Gasteiger partial charge in [-0.2, -0.15) is 0 Å². The number of amides is 2. The second-order valence-electron chi connectivity index (χ2n) is 5.46. The van der Waals surface area contributed by atoms with Crippen molar-refractivity contribution in [1.29, 1.82) is 0 Å². The Morgan fingerprint density at radius 2 is 2.00 bits per heavy atom. The highest BCUT2D eigenvalue weighted by atomic mass is 35.5. The van der Waals surface area contributed by atoms with Crippen LogP contribution in [0.2, 0.25) is 5.02 Å². The van der Waals surface area contributed by atoms with E-state index < -0.39 is 6.04 Å². The highest BCUT2D eigenvalue weighted by molar-refractivity contribution is 6.30. The van der Waals surface area contributed by atoms with Crippen molar-refractivity contribution in [1.82, 2.24) is 5.32 Å². The zero-order valence-electron chi connectivity index (χ0n) is 12.2. The van der Waals surface area contributed by atoms with Crippen molar-refractivity contribution in [3.63, 3.8) is 0 Å². The molecular formula is C15H20ClN3O2. The van der Waals surface area contributed by atoms with Crippen LogP contribution in [0, 0.1) is 5.92 Å². The van der Waals surface area contributed by atoms with Crippen molar-refractivity contribution >= 4 is 29.1 Å². The summed E-state index contributed by atoms with van der Waals surface area (Å²) in [4.78, 5) is 26.0. The van der Waals surface area contributed by atoms with Gasteiger partial charge in [-0.25, -0.2) is 0 Å². The van der Waals surface area contributed by atoms with Gasteiger partial charge in [-0.15, -0.1) is 0 Å². The molecule has 2 amide bonds. The van der Waals surface area contributed by atoms with Gasteiger partial charge in [0.2, 0.25) is 11.8 Å². The molecule has 114 valence electrons. The van der Waals surface area contributed by atoms with Crippen molar-refractivity contribution in [3.05, 3.63) is 29.3 Å². The Labute approximate surface area is 129 Å². The van der Waals surface area contributed by atoms with Gasteiger partial charge in [-0.1, -0.05) is 18.5 Å². The van der Waals surface area contributed by atoms with Gasteiger partial charge in [0, 0.05) is 29.2 Å². The van der Waals surface area contributed by atoms with E-state index in [1.54, 1.807) is 43.0 Å². The van der Waals surface area contributed by atoms with Gasteiger partial charge >= 0.3 is 0 Å². The van der Waals surface area contributed by atoms with E-state index in [1.807, 2.05) is 0 Å². The molecule has 0 radical (unpaired) electrons. The van der Waals surface area contributed by atoms with Crippen LogP contribution in [0.4, 0.5) is 5.69 Å². The number of nitrogens with one attached hydrogen (secondary N) is 1. The topological polar surface area (TPSA) is 75.4 Å². The molecule has 1 aromatic rings. The fourth-order valence-electron chi connectivity index (χ4n) is 2.23. The number of benzene rings is 1. The molecule has 2 rings (SSSR count). The molecule has 1 saturated heterocycles. The summed E-state index contributed by atoms with van der Waals surface area (Å²) in [6.45, 7) is 4.12. The Bertz CT molecular complexity index is 530. The van der Waals surface area contributed by atoms with Gasteiger partial charge in [0.05, 0.1) is 0 Å². The fraction of sp³-hybridized carbons (Fsp3) is 0.467. The molecule has 0 aromatic heterocycles. The molecule has 3 unspecified atom stereocenters. The Kier molecular flexibility index (Phi) is 4.85. The van der Waals surface area contributed by atoms with E-state index in [9.17, 15) is 9.59 Å². The standard InChI is InChI=1S/C15H20ClN3O2/c1-9(10(2)17)14(20)18-13-7-8-19(15(13)21)12-5-3-11(16)4-6-12/h3-6,9-10,13H,7-8,17H2,1-2H3,(H,18,20). The van der Waals surface area contributed by atoms with Gasteiger partial charge in [0.1, 0.15) is 6.04 Å². The molecule has 3 N–H and O–H groups in total. The molecule has 0 bridgehead atoms. The maximum Gasteiger partial charge on any atom is 0.249 e. The van der Waals surface area contributed by atoms with E-state index in [-0.39, 0.29) is 23.8 Å². The predicted molar refractivity (Wildman–Crippen MR) is 83.2 cm³/mol. The largest absolute Gasteiger partial charge is 0.344 e. The third kappa shape index (κ3) is 3.54. The van der Waals surface area contributed by atoms with Gasteiger partial charge in [-0.05, 0) is 37.6 Å². The molecule has 1 fully saturated rings. The van der Waals surface area contributed by atoms with Crippen LogP contribution in [0.15, 0.2) is 24.3 Å². The first kappa shape index (κ1) is 15.8. The van der Waals surface area contributed by atoms with Crippen LogP contribution in [0.1, 0.15) is 20.3 Å². The molecule has 0 aliphatic carbocycles. The molecule has 3 atom stereocenters. The lowest BCUT2D eigenvalue weighted by molar-refractivity contribution is -0.129. The maximum atomic E-state index is 12.4. The van der Waals surface area contributed by atoms with E-state index >= 15 is 0 Å². The lowest BCUT2D eigenvalue weighted by Crippen LogP contribution is -2.46. The lowest BCUT2D eigenvalue weighted by Gasteiger charge is -2.20. The maximum absolute atomic E-state index is 12.4. The fourth-order valence-corrected chi connectivity index (χ4v) is 2.36. The Morgan fingerprint density at radius 1 is 1.38 bits per heavy atom. The number of carbonyl (C=O) groups excluding carboxylic acids is 2. The third-order valence-electron chi connectivity index (χ3n) is 3.86. The van der Waals surface area contributed by atoms with E-state index in [0.29, 0.717) is 18.0 Å². The number of rotatable bonds is 4. The number of nitrogens with zero attached hydrogens (tertiary/aromatic N) is 1. The minimum Gasteiger partial charge on any atom is -0.344 e. The quantitative estimate of drug-likeness (QED) is 0.886. The summed E-state index contributed by atoms with van der Waals surface area (Å²) in [5.74, 6) is -0.591. The number of hydrogen-bond acceptors (Lipinski definition) is 3. The SMILES string of the molecule is CC(N)C(C)C(=O)NC1CCN(c2ccc(Cl)cc2)C1=O. The van der Waals surface area contributed by atoms with Crippen molar-refractivity contribution in [2.75, 3.05) is 11.4 Å². The summed E-state index contributed by atoms with van der Waals surface area (Å²) in [6.07, 6.45) is 0.596. The van der Waals surface area contributed by atoms with Crippen molar-refractivity contribution < 1.29 is 9.59 Å². The average molecular weight is 310 g/mol. The van der Waals surface area contributed by atoms with Crippen LogP contribution in [-0.2, 0) is 9.59 Å². The van der Waals surface area contributed by atoms with Gasteiger partial charge in [0.15, 0.2) is 0 Å². The highest BCUT2D eigenvalue weighted by Gasteiger charge is 2.34. The summed E-state index contributed by atoms with van der Waals surface area (Å²) >= 11 is 5.84. The van der Waals surface area contributed by atoms with E-state index in [1.165, 1.54) is 0 Å². The normalized spacial score (nSPS) is 21.2. The molecule has 5 nitrogen and oxygen atoms in total. The number of anilines is 1. The monoisotopic (exact) mass is 309 g/mol. The highest BCUT2D eigenvalue weighted by Crippen LogP contribution is 2.23. The molecule has 0 saturated carbocycles. The first-order valence-corrected chi connectivity index (χ1v) is 7.41. The minimum atomic E-state index is -0.477. The van der Waals surface area contributed by atoms with E-state index in [4.69, 9.17) is 17.3 Å². The Morgan fingerprint density at radius 3 is 2.57 bits per heavy atom. The second-order valence-corrected chi connectivity index (χ2v) is 5.90. The molecule has 1 aromatic carbocycles. The molecular weight excluding hydrogens is 290 g/mol. The van der Waals surface area contributed by atoms with Crippen LogP contribution in [0.25, 0.3) is 0 Å². The van der Waals surface area contributed by atoms with Gasteiger partial charge in [-0.3, -0.25) is 9.59 Å². The minimum absolute atomic E-state index is 0.0949. The number of nitrogens with two attached hydrogens (primary N) is 1. The number of halogens is 1. The second kappa shape index (κ2) is 6.45. The zero-order valence-corrected chi connectivity index (χ0v) is 12.9. The number of carbonyl (C=O) groups is 2. The summed E-state index contributed by atoms with van der Waals surface area (Å²) < 4.78 is 0. The lowest BCUT2D eigenvalue weighted by atomic mass is 10.0. The summed E-state index contributed by atoms with van der Waals surface area (Å²) in [6, 6.07) is 6.37.